The third-order valence-electron chi connectivity index (χ3n) is 13.6. The van der Waals surface area contributed by atoms with Crippen molar-refractivity contribution in [3.8, 4) is 0 Å². The van der Waals surface area contributed by atoms with Gasteiger partial charge in [0.05, 0.1) is 5.60 Å². The molecule has 5 aliphatic rings. The average Bonchev–Trinajstić information content (AvgIpc) is 3.03. The van der Waals surface area contributed by atoms with Gasteiger partial charge in [0.15, 0.2) is 0 Å². The quantitative estimate of drug-likeness (QED) is 0.458. The summed E-state index contributed by atoms with van der Waals surface area (Å²) in [5.74, 6) is 3.72. The molecule has 0 heterocycles. The maximum absolute atomic E-state index is 12.9. The molecule has 32 heavy (non-hydrogen) atoms. The highest BCUT2D eigenvalue weighted by molar-refractivity contribution is 5.85. The number of carbonyl (C=O) groups excluding carboxylic acids is 1. The lowest BCUT2D eigenvalue weighted by Crippen LogP contribution is -2.66. The summed E-state index contributed by atoms with van der Waals surface area (Å²) in [5, 5.41) is 11.0. The van der Waals surface area contributed by atoms with Crippen LogP contribution >= 0.6 is 0 Å². The van der Waals surface area contributed by atoms with Crippen LogP contribution in [0.5, 0.6) is 0 Å². The molecule has 0 unspecified atom stereocenters. The van der Waals surface area contributed by atoms with Crippen LogP contribution in [0.2, 0.25) is 0 Å². The summed E-state index contributed by atoms with van der Waals surface area (Å²) in [5.41, 5.74) is 0.741. The predicted molar refractivity (Wildman–Crippen MR) is 131 cm³/mol. The third kappa shape index (κ3) is 2.66. The van der Waals surface area contributed by atoms with Gasteiger partial charge in [0.1, 0.15) is 5.78 Å². The lowest BCUT2D eigenvalue weighted by atomic mass is 9.32. The Morgan fingerprint density at radius 2 is 1.28 bits per heavy atom. The average molecular weight is 443 g/mol. The van der Waals surface area contributed by atoms with Gasteiger partial charge in [-0.25, -0.2) is 0 Å². The Morgan fingerprint density at radius 1 is 0.719 bits per heavy atom. The highest BCUT2D eigenvalue weighted by Crippen LogP contribution is 2.77. The fraction of sp³-hybridized carbons (Fsp3) is 0.967. The number of rotatable bonds is 1. The molecule has 5 rings (SSSR count). The first-order chi connectivity index (χ1) is 14.6. The monoisotopic (exact) mass is 442 g/mol. The summed E-state index contributed by atoms with van der Waals surface area (Å²) >= 11 is 0. The Labute approximate surface area is 197 Å². The minimum Gasteiger partial charge on any atom is -0.390 e. The van der Waals surface area contributed by atoms with Crippen LogP contribution in [0.25, 0.3) is 0 Å². The Balaban J connectivity index is 1.52. The molecule has 2 nitrogen and oxygen atoms in total. The zero-order valence-corrected chi connectivity index (χ0v) is 22.3. The Bertz CT molecular complexity index is 806. The maximum atomic E-state index is 12.9. The van der Waals surface area contributed by atoms with Crippen molar-refractivity contribution >= 4 is 5.78 Å². The molecule has 9 atom stereocenters. The Morgan fingerprint density at radius 3 is 1.88 bits per heavy atom. The molecule has 0 aromatic heterocycles. The molecule has 5 fully saturated rings. The number of hydrogen-bond acceptors (Lipinski definition) is 2. The van der Waals surface area contributed by atoms with Crippen molar-refractivity contribution in [1.29, 1.82) is 0 Å². The van der Waals surface area contributed by atoms with E-state index in [2.05, 4.69) is 55.4 Å². The maximum Gasteiger partial charge on any atom is 0.138 e. The molecule has 5 saturated carbocycles. The van der Waals surface area contributed by atoms with Gasteiger partial charge in [-0.1, -0.05) is 41.5 Å². The second kappa shape index (κ2) is 6.64. The molecular weight excluding hydrogens is 392 g/mol. The van der Waals surface area contributed by atoms with E-state index in [1.807, 2.05) is 0 Å². The van der Waals surface area contributed by atoms with Crippen LogP contribution in [-0.4, -0.2) is 16.5 Å². The van der Waals surface area contributed by atoms with Crippen molar-refractivity contribution in [2.24, 2.45) is 56.7 Å². The number of hydrogen-bond donors (Lipinski definition) is 1. The van der Waals surface area contributed by atoms with E-state index >= 15 is 0 Å². The summed E-state index contributed by atoms with van der Waals surface area (Å²) in [6, 6.07) is 0. The summed E-state index contributed by atoms with van der Waals surface area (Å²) in [4.78, 5) is 12.9. The van der Waals surface area contributed by atoms with Gasteiger partial charge in [-0.3, -0.25) is 4.79 Å². The van der Waals surface area contributed by atoms with Crippen LogP contribution in [0.4, 0.5) is 0 Å². The molecule has 0 bridgehead atoms. The van der Waals surface area contributed by atoms with Crippen molar-refractivity contribution in [3.63, 3.8) is 0 Å². The molecule has 0 saturated heterocycles. The predicted octanol–water partition coefficient (Wildman–Crippen LogP) is 7.43. The molecule has 2 heteroatoms. The van der Waals surface area contributed by atoms with Crippen molar-refractivity contribution in [2.45, 2.75) is 125 Å². The molecular formula is C30H50O2. The normalized spacial score (nSPS) is 54.9. The lowest BCUT2D eigenvalue weighted by molar-refractivity contribution is -0.240. The molecule has 1 N–H and O–H groups in total. The fourth-order valence-corrected chi connectivity index (χ4v) is 11.8. The minimum absolute atomic E-state index is 0.152. The van der Waals surface area contributed by atoms with Crippen molar-refractivity contribution in [1.82, 2.24) is 0 Å². The molecule has 0 aromatic carbocycles. The van der Waals surface area contributed by atoms with Crippen LogP contribution in [0, 0.1) is 56.7 Å². The molecule has 0 radical (unpaired) electrons. The number of ketones is 1. The number of aliphatic hydroxyl groups is 1. The van der Waals surface area contributed by atoms with Crippen molar-refractivity contribution in [2.75, 3.05) is 0 Å². The van der Waals surface area contributed by atoms with Gasteiger partial charge in [-0.05, 0) is 123 Å². The van der Waals surface area contributed by atoms with Gasteiger partial charge in [-0.15, -0.1) is 0 Å². The number of Topliss-reactive ketones (excluding diaryl/α,β-unsaturated/α-hetero) is 1. The summed E-state index contributed by atoms with van der Waals surface area (Å²) in [7, 11) is 0. The third-order valence-corrected chi connectivity index (χ3v) is 13.6. The van der Waals surface area contributed by atoms with E-state index in [0.29, 0.717) is 45.2 Å². The van der Waals surface area contributed by atoms with Crippen LogP contribution < -0.4 is 0 Å². The van der Waals surface area contributed by atoms with Crippen LogP contribution in [0.1, 0.15) is 120 Å². The molecule has 0 spiro atoms. The highest BCUT2D eigenvalue weighted by atomic mass is 16.3. The Hall–Kier alpha value is -0.370. The van der Waals surface area contributed by atoms with E-state index in [-0.39, 0.29) is 5.41 Å². The fourth-order valence-electron chi connectivity index (χ4n) is 11.8. The summed E-state index contributed by atoms with van der Waals surface area (Å²) in [6.45, 7) is 19.2. The van der Waals surface area contributed by atoms with E-state index in [9.17, 15) is 9.90 Å². The van der Waals surface area contributed by atoms with E-state index in [1.54, 1.807) is 0 Å². The van der Waals surface area contributed by atoms with Gasteiger partial charge in [0.25, 0.3) is 0 Å². The lowest BCUT2D eigenvalue weighted by Gasteiger charge is -2.73. The van der Waals surface area contributed by atoms with Crippen molar-refractivity contribution in [3.05, 3.63) is 0 Å². The van der Waals surface area contributed by atoms with E-state index in [0.717, 1.165) is 24.7 Å². The smallest absolute Gasteiger partial charge is 0.138 e. The van der Waals surface area contributed by atoms with Crippen molar-refractivity contribution < 1.29 is 9.90 Å². The van der Waals surface area contributed by atoms with Gasteiger partial charge >= 0.3 is 0 Å². The van der Waals surface area contributed by atoms with E-state index in [4.69, 9.17) is 0 Å². The zero-order valence-electron chi connectivity index (χ0n) is 22.3. The van der Waals surface area contributed by atoms with Gasteiger partial charge < -0.3 is 5.11 Å². The number of fused-ring (bicyclic) bond motifs is 7. The van der Waals surface area contributed by atoms with Gasteiger partial charge in [-0.2, -0.15) is 0 Å². The van der Waals surface area contributed by atoms with Gasteiger partial charge in [0, 0.05) is 11.8 Å². The highest BCUT2D eigenvalue weighted by Gasteiger charge is 2.71. The molecule has 5 aliphatic carbocycles. The van der Waals surface area contributed by atoms with Crippen LogP contribution in [0.15, 0.2) is 0 Å². The standard InChI is InChI=1S/C30H50O2/c1-25(2)21-13-18-30(8)23(28(21,6)16-14-24(25)31)10-9-22-27(5)15-11-19(26(3,4)32)20(27)12-17-29(22,30)7/h19-23,32H,9-18H2,1-8H3/t19-,20+,21+,22-,23-,27-,28-,29+,30-/m0/s1. The summed E-state index contributed by atoms with van der Waals surface area (Å²) < 4.78 is 0. The molecule has 0 aromatic rings. The Kier molecular flexibility index (Phi) is 4.85. The van der Waals surface area contributed by atoms with E-state index in [1.165, 1.54) is 51.4 Å². The first-order valence-electron chi connectivity index (χ1n) is 13.9. The topological polar surface area (TPSA) is 37.3 Å². The molecule has 0 amide bonds. The second-order valence-corrected chi connectivity index (χ2v) is 15.2. The summed E-state index contributed by atoms with van der Waals surface area (Å²) in [6.07, 6.45) is 12.3. The van der Waals surface area contributed by atoms with Crippen LogP contribution in [-0.2, 0) is 4.79 Å². The SMILES string of the molecule is CC(C)(O)[C@H]1CC[C@@]2(C)[C@@H]1CC[C@]1(C)[C@H]2CC[C@H]2[C@@]3(C)CCC(=O)C(C)(C)[C@H]3CC[C@@]21C. The number of carbonyl (C=O) groups is 1. The first kappa shape index (κ1) is 23.4. The zero-order chi connectivity index (χ0) is 23.5. The van der Waals surface area contributed by atoms with E-state index < -0.39 is 5.60 Å². The van der Waals surface area contributed by atoms with Crippen LogP contribution in [0.3, 0.4) is 0 Å². The largest absolute Gasteiger partial charge is 0.390 e. The second-order valence-electron chi connectivity index (χ2n) is 15.2. The minimum atomic E-state index is -0.553. The first-order valence-corrected chi connectivity index (χ1v) is 13.9. The molecule has 0 aliphatic heterocycles. The van der Waals surface area contributed by atoms with Gasteiger partial charge in [0.2, 0.25) is 0 Å². The molecule has 182 valence electrons.